The number of hydrogen-bond donors (Lipinski definition) is 2. The second kappa shape index (κ2) is 11.3. The van der Waals surface area contributed by atoms with Gasteiger partial charge >= 0.3 is 17.9 Å². The first-order valence-electron chi connectivity index (χ1n) is 7.88. The molecule has 0 bridgehead atoms. The molecule has 0 atom stereocenters. The summed E-state index contributed by atoms with van der Waals surface area (Å²) in [4.78, 5) is 56.4. The molecule has 154 valence electrons. The minimum atomic E-state index is -0.939. The van der Waals surface area contributed by atoms with E-state index in [1.807, 2.05) is 6.07 Å². The van der Waals surface area contributed by atoms with Gasteiger partial charge in [0, 0.05) is 13.8 Å². The number of hydrogen-bond acceptors (Lipinski definition) is 9. The minimum Gasteiger partial charge on any atom is -0.456 e. The molecule has 0 aliphatic heterocycles. The Morgan fingerprint density at radius 1 is 0.897 bits per heavy atom. The SMILES string of the molecule is CC(=O)OCC(=O)Nc1cc(C#N)cc(NC(=O)COC(=O)COC(C)=O)c1Cl. The summed E-state index contributed by atoms with van der Waals surface area (Å²) in [6, 6.07) is 4.32. The first-order chi connectivity index (χ1) is 13.6. The maximum absolute atomic E-state index is 11.9. The monoisotopic (exact) mass is 425 g/mol. The molecule has 1 aromatic rings. The van der Waals surface area contributed by atoms with Crippen LogP contribution in [0.4, 0.5) is 11.4 Å². The highest BCUT2D eigenvalue weighted by Gasteiger charge is 2.16. The minimum absolute atomic E-state index is 0.00924. The van der Waals surface area contributed by atoms with Crippen LogP contribution in [0.15, 0.2) is 12.1 Å². The Hall–Kier alpha value is -3.65. The highest BCUT2D eigenvalue weighted by molar-refractivity contribution is 6.37. The third-order valence-corrected chi connectivity index (χ3v) is 3.32. The van der Waals surface area contributed by atoms with Gasteiger partial charge in [-0.2, -0.15) is 5.26 Å². The Balaban J connectivity index is 2.80. The van der Waals surface area contributed by atoms with E-state index in [0.29, 0.717) is 0 Å². The molecule has 29 heavy (non-hydrogen) atoms. The molecule has 2 amide bonds. The van der Waals surface area contributed by atoms with Gasteiger partial charge in [-0.15, -0.1) is 0 Å². The zero-order valence-electron chi connectivity index (χ0n) is 15.4. The first kappa shape index (κ1) is 23.4. The smallest absolute Gasteiger partial charge is 0.344 e. The number of amides is 2. The van der Waals surface area contributed by atoms with Crippen LogP contribution in [0, 0.1) is 11.3 Å². The van der Waals surface area contributed by atoms with Gasteiger partial charge in [-0.3, -0.25) is 19.2 Å². The van der Waals surface area contributed by atoms with E-state index in [-0.39, 0.29) is 22.0 Å². The third kappa shape index (κ3) is 8.72. The maximum Gasteiger partial charge on any atom is 0.344 e. The van der Waals surface area contributed by atoms with Crippen LogP contribution in [-0.4, -0.2) is 49.5 Å². The Morgan fingerprint density at radius 2 is 1.34 bits per heavy atom. The fraction of sp³-hybridized carbons (Fsp3) is 0.294. The number of benzene rings is 1. The lowest BCUT2D eigenvalue weighted by molar-refractivity contribution is -0.158. The van der Waals surface area contributed by atoms with Gasteiger partial charge in [0.05, 0.1) is 28.0 Å². The summed E-state index contributed by atoms with van der Waals surface area (Å²) >= 11 is 6.12. The summed E-state index contributed by atoms with van der Waals surface area (Å²) in [5.74, 6) is -3.79. The highest BCUT2D eigenvalue weighted by atomic mass is 35.5. The van der Waals surface area contributed by atoms with Crippen LogP contribution in [-0.2, 0) is 38.2 Å². The van der Waals surface area contributed by atoms with Crippen molar-refractivity contribution in [3.63, 3.8) is 0 Å². The van der Waals surface area contributed by atoms with E-state index in [9.17, 15) is 24.0 Å². The van der Waals surface area contributed by atoms with Gasteiger partial charge in [-0.1, -0.05) is 11.6 Å². The number of nitriles is 1. The fourth-order valence-corrected chi connectivity index (χ4v) is 1.96. The normalized spacial score (nSPS) is 9.59. The van der Waals surface area contributed by atoms with Gasteiger partial charge in [0.2, 0.25) is 0 Å². The van der Waals surface area contributed by atoms with Crippen LogP contribution in [0.2, 0.25) is 5.02 Å². The van der Waals surface area contributed by atoms with Crippen molar-refractivity contribution in [2.24, 2.45) is 0 Å². The van der Waals surface area contributed by atoms with Crippen LogP contribution in [0.5, 0.6) is 0 Å². The Morgan fingerprint density at radius 3 is 1.79 bits per heavy atom. The molecule has 0 unspecified atom stereocenters. The number of esters is 3. The maximum atomic E-state index is 11.9. The molecule has 0 aromatic heterocycles. The van der Waals surface area contributed by atoms with Crippen LogP contribution >= 0.6 is 11.6 Å². The first-order valence-corrected chi connectivity index (χ1v) is 8.25. The Bertz CT molecular complexity index is 878. The fourth-order valence-electron chi connectivity index (χ4n) is 1.76. The lowest BCUT2D eigenvalue weighted by Crippen LogP contribution is -2.24. The van der Waals surface area contributed by atoms with Crippen molar-refractivity contribution < 1.29 is 38.2 Å². The molecular weight excluding hydrogens is 410 g/mol. The van der Waals surface area contributed by atoms with Crippen molar-refractivity contribution in [1.29, 1.82) is 5.26 Å². The van der Waals surface area contributed by atoms with E-state index in [1.165, 1.54) is 12.1 Å². The third-order valence-electron chi connectivity index (χ3n) is 2.91. The molecule has 1 aromatic carbocycles. The number of halogens is 1. The predicted molar refractivity (Wildman–Crippen MR) is 97.7 cm³/mol. The van der Waals surface area contributed by atoms with E-state index < -0.39 is 49.5 Å². The van der Waals surface area contributed by atoms with Gasteiger partial charge in [-0.25, -0.2) is 4.79 Å². The van der Waals surface area contributed by atoms with Crippen LogP contribution < -0.4 is 10.6 Å². The van der Waals surface area contributed by atoms with Crippen molar-refractivity contribution in [1.82, 2.24) is 0 Å². The van der Waals surface area contributed by atoms with Crippen molar-refractivity contribution in [2.75, 3.05) is 30.5 Å². The molecule has 2 N–H and O–H groups in total. The van der Waals surface area contributed by atoms with E-state index in [1.54, 1.807) is 0 Å². The molecule has 0 heterocycles. The molecule has 12 heteroatoms. The Labute approximate surface area is 169 Å². The Kier molecular flexibility index (Phi) is 9.07. The second-order valence-electron chi connectivity index (χ2n) is 5.31. The second-order valence-corrected chi connectivity index (χ2v) is 5.69. The number of carbonyl (C=O) groups is 5. The number of nitrogens with one attached hydrogen (secondary N) is 2. The summed E-state index contributed by atoms with van der Waals surface area (Å²) in [5, 5.41) is 13.7. The largest absolute Gasteiger partial charge is 0.456 e. The molecule has 0 spiro atoms. The predicted octanol–water partition coefficient (Wildman–Crippen LogP) is 0.758. The van der Waals surface area contributed by atoms with Gasteiger partial charge in [-0.05, 0) is 12.1 Å². The molecule has 1 rings (SSSR count). The summed E-state index contributed by atoms with van der Waals surface area (Å²) < 4.78 is 13.6. The van der Waals surface area contributed by atoms with E-state index >= 15 is 0 Å². The standard InChI is InChI=1S/C17H16ClN3O8/c1-9(22)27-6-14(24)20-12-3-11(5-19)4-13(17(12)18)21-15(25)7-29-16(26)8-28-10(2)23/h3-4H,6-8H2,1-2H3,(H,20,24)(H,21,25). The number of rotatable bonds is 8. The summed E-state index contributed by atoms with van der Waals surface area (Å²) in [6.45, 7) is 0.311. The number of nitrogens with zero attached hydrogens (tertiary/aromatic N) is 1. The zero-order valence-corrected chi connectivity index (χ0v) is 16.1. The van der Waals surface area contributed by atoms with E-state index in [0.717, 1.165) is 13.8 Å². The topological polar surface area (TPSA) is 161 Å². The molecule has 0 aliphatic rings. The lowest BCUT2D eigenvalue weighted by Gasteiger charge is -2.13. The van der Waals surface area contributed by atoms with Crippen LogP contribution in [0.25, 0.3) is 0 Å². The van der Waals surface area contributed by atoms with Crippen molar-refractivity contribution >= 4 is 52.7 Å². The van der Waals surface area contributed by atoms with E-state index in [2.05, 4.69) is 24.8 Å². The number of ether oxygens (including phenoxy) is 3. The van der Waals surface area contributed by atoms with E-state index in [4.69, 9.17) is 16.9 Å². The lowest BCUT2D eigenvalue weighted by atomic mass is 10.2. The highest BCUT2D eigenvalue weighted by Crippen LogP contribution is 2.32. The quantitative estimate of drug-likeness (QED) is 0.452. The molecule has 11 nitrogen and oxygen atoms in total. The molecule has 0 saturated heterocycles. The summed E-state index contributed by atoms with van der Waals surface area (Å²) in [5.41, 5.74) is 0.0129. The number of carbonyl (C=O) groups excluding carboxylic acids is 5. The average Bonchev–Trinajstić information content (AvgIpc) is 2.65. The molecule has 0 saturated carbocycles. The van der Waals surface area contributed by atoms with Gasteiger partial charge in [0.15, 0.2) is 19.8 Å². The van der Waals surface area contributed by atoms with Crippen molar-refractivity contribution in [3.8, 4) is 6.07 Å². The number of anilines is 2. The van der Waals surface area contributed by atoms with Gasteiger partial charge in [0.1, 0.15) is 0 Å². The van der Waals surface area contributed by atoms with Crippen LogP contribution in [0.1, 0.15) is 19.4 Å². The van der Waals surface area contributed by atoms with Gasteiger partial charge in [0.25, 0.3) is 11.8 Å². The van der Waals surface area contributed by atoms with Crippen molar-refractivity contribution in [2.45, 2.75) is 13.8 Å². The molecular formula is C17H16ClN3O8. The molecule has 0 radical (unpaired) electrons. The zero-order chi connectivity index (χ0) is 22.0. The van der Waals surface area contributed by atoms with Crippen molar-refractivity contribution in [3.05, 3.63) is 22.7 Å². The van der Waals surface area contributed by atoms with Crippen LogP contribution in [0.3, 0.4) is 0 Å². The average molecular weight is 426 g/mol. The molecule has 0 fully saturated rings. The van der Waals surface area contributed by atoms with Gasteiger partial charge < -0.3 is 24.8 Å². The summed E-state index contributed by atoms with van der Waals surface area (Å²) in [7, 11) is 0. The summed E-state index contributed by atoms with van der Waals surface area (Å²) in [6.07, 6.45) is 0. The molecule has 0 aliphatic carbocycles.